The molecule has 19 heavy (non-hydrogen) atoms. The largest absolute Gasteiger partial charge is 0.376 e. The zero-order valence-corrected chi connectivity index (χ0v) is 12.3. The van der Waals surface area contributed by atoms with Gasteiger partial charge in [0, 0.05) is 0 Å². The summed E-state index contributed by atoms with van der Waals surface area (Å²) in [6, 6.07) is 8.65. The van der Waals surface area contributed by atoms with Crippen LogP contribution in [0.25, 0.3) is 0 Å². The molecular weight excluding hydrogens is 234 g/mol. The number of hydrogen-bond donors (Lipinski definition) is 1. The van der Waals surface area contributed by atoms with E-state index < -0.39 is 0 Å². The Morgan fingerprint density at radius 1 is 1.05 bits per heavy atom. The molecular formula is C17H27NO. The van der Waals surface area contributed by atoms with Crippen LogP contribution in [-0.4, -0.2) is 12.7 Å². The first-order valence-electron chi connectivity index (χ1n) is 7.64. The first kappa shape index (κ1) is 14.5. The third-order valence-corrected chi connectivity index (χ3v) is 4.09. The fraction of sp³-hybridized carbons (Fsp3) is 0.647. The molecule has 0 amide bonds. The number of nitrogens with two attached hydrogens (primary N) is 1. The molecule has 1 atom stereocenters. The monoisotopic (exact) mass is 261 g/mol. The summed E-state index contributed by atoms with van der Waals surface area (Å²) in [5.74, 6) is 0.573. The van der Waals surface area contributed by atoms with Crippen molar-refractivity contribution >= 4 is 0 Å². The standard InChI is InChI=1S/C17H27NO/c1-13(2)14-8-10-15(11-9-14)17(18)12-19-16-6-4-3-5-7-16/h8-11,13,16-17H,3-7,12,18H2,1-2H3. The van der Waals surface area contributed by atoms with Gasteiger partial charge in [-0.25, -0.2) is 0 Å². The zero-order valence-electron chi connectivity index (χ0n) is 12.3. The molecule has 1 aromatic carbocycles. The molecule has 2 N–H and O–H groups in total. The summed E-state index contributed by atoms with van der Waals surface area (Å²) in [4.78, 5) is 0. The molecule has 0 bridgehead atoms. The Morgan fingerprint density at radius 3 is 2.21 bits per heavy atom. The van der Waals surface area contributed by atoms with Gasteiger partial charge in [0.25, 0.3) is 0 Å². The zero-order chi connectivity index (χ0) is 13.7. The average Bonchev–Trinajstić information content (AvgIpc) is 2.46. The summed E-state index contributed by atoms with van der Waals surface area (Å²) in [6.45, 7) is 5.06. The molecule has 0 aliphatic heterocycles. The molecule has 2 nitrogen and oxygen atoms in total. The van der Waals surface area contributed by atoms with Crippen LogP contribution in [0.15, 0.2) is 24.3 Å². The van der Waals surface area contributed by atoms with Crippen LogP contribution in [0, 0.1) is 0 Å². The van der Waals surface area contributed by atoms with Crippen LogP contribution in [-0.2, 0) is 4.74 Å². The van der Waals surface area contributed by atoms with Gasteiger partial charge in [0.1, 0.15) is 0 Å². The van der Waals surface area contributed by atoms with Crippen molar-refractivity contribution in [3.05, 3.63) is 35.4 Å². The van der Waals surface area contributed by atoms with Gasteiger partial charge in [-0.1, -0.05) is 57.4 Å². The van der Waals surface area contributed by atoms with Crippen molar-refractivity contribution in [3.8, 4) is 0 Å². The van der Waals surface area contributed by atoms with Gasteiger partial charge in [0.05, 0.1) is 18.8 Å². The van der Waals surface area contributed by atoms with Crippen LogP contribution in [0.3, 0.4) is 0 Å². The van der Waals surface area contributed by atoms with Gasteiger partial charge in [0.15, 0.2) is 0 Å². The Balaban J connectivity index is 1.83. The molecule has 0 aromatic heterocycles. The topological polar surface area (TPSA) is 35.2 Å². The molecule has 2 heteroatoms. The first-order valence-corrected chi connectivity index (χ1v) is 7.64. The Labute approximate surface area is 117 Å². The van der Waals surface area contributed by atoms with Gasteiger partial charge in [0.2, 0.25) is 0 Å². The lowest BCUT2D eigenvalue weighted by atomic mass is 9.97. The summed E-state index contributed by atoms with van der Waals surface area (Å²) < 4.78 is 5.95. The maximum absolute atomic E-state index is 6.21. The summed E-state index contributed by atoms with van der Waals surface area (Å²) in [5, 5.41) is 0. The van der Waals surface area contributed by atoms with E-state index >= 15 is 0 Å². The summed E-state index contributed by atoms with van der Waals surface area (Å²) >= 11 is 0. The maximum atomic E-state index is 6.21. The van der Waals surface area contributed by atoms with Crippen molar-refractivity contribution in [2.24, 2.45) is 5.73 Å². The van der Waals surface area contributed by atoms with E-state index in [-0.39, 0.29) is 6.04 Å². The van der Waals surface area contributed by atoms with Crippen LogP contribution in [0.2, 0.25) is 0 Å². The van der Waals surface area contributed by atoms with E-state index in [9.17, 15) is 0 Å². The van der Waals surface area contributed by atoms with Gasteiger partial charge in [-0.3, -0.25) is 0 Å². The predicted molar refractivity (Wildman–Crippen MR) is 80.3 cm³/mol. The second-order valence-corrected chi connectivity index (χ2v) is 6.02. The van der Waals surface area contributed by atoms with Gasteiger partial charge < -0.3 is 10.5 Å². The average molecular weight is 261 g/mol. The highest BCUT2D eigenvalue weighted by Crippen LogP contribution is 2.22. The van der Waals surface area contributed by atoms with E-state index in [1.54, 1.807) is 0 Å². The van der Waals surface area contributed by atoms with Crippen molar-refractivity contribution in [2.45, 2.75) is 64.0 Å². The highest BCUT2D eigenvalue weighted by Gasteiger charge is 2.15. The lowest BCUT2D eigenvalue weighted by molar-refractivity contribution is 0.0206. The number of ether oxygens (including phenoxy) is 1. The SMILES string of the molecule is CC(C)c1ccc(C(N)COC2CCCCC2)cc1. The molecule has 0 spiro atoms. The van der Waals surface area contributed by atoms with Crippen molar-refractivity contribution in [3.63, 3.8) is 0 Å². The lowest BCUT2D eigenvalue weighted by Gasteiger charge is -2.24. The minimum atomic E-state index is 0.00291. The van der Waals surface area contributed by atoms with E-state index in [1.807, 2.05) is 0 Å². The molecule has 2 rings (SSSR count). The highest BCUT2D eigenvalue weighted by molar-refractivity contribution is 5.26. The number of benzene rings is 1. The number of rotatable bonds is 5. The van der Waals surface area contributed by atoms with Crippen molar-refractivity contribution in [1.29, 1.82) is 0 Å². The molecule has 106 valence electrons. The van der Waals surface area contributed by atoms with E-state index in [4.69, 9.17) is 10.5 Å². The molecule has 1 aliphatic carbocycles. The van der Waals surface area contributed by atoms with Crippen LogP contribution in [0.4, 0.5) is 0 Å². The molecule has 1 unspecified atom stereocenters. The molecule has 1 aromatic rings. The van der Waals surface area contributed by atoms with Crippen molar-refractivity contribution in [1.82, 2.24) is 0 Å². The lowest BCUT2D eigenvalue weighted by Crippen LogP contribution is -2.24. The van der Waals surface area contributed by atoms with E-state index in [0.717, 1.165) is 0 Å². The summed E-state index contributed by atoms with van der Waals surface area (Å²) in [7, 11) is 0. The van der Waals surface area contributed by atoms with Gasteiger partial charge in [-0.05, 0) is 29.9 Å². The Hall–Kier alpha value is -0.860. The van der Waals surface area contributed by atoms with Gasteiger partial charge in [-0.2, -0.15) is 0 Å². The van der Waals surface area contributed by atoms with Crippen molar-refractivity contribution in [2.75, 3.05) is 6.61 Å². The highest BCUT2D eigenvalue weighted by atomic mass is 16.5. The first-order chi connectivity index (χ1) is 9.16. The Bertz CT molecular complexity index is 365. The van der Waals surface area contributed by atoms with Crippen LogP contribution < -0.4 is 5.73 Å². The summed E-state index contributed by atoms with van der Waals surface area (Å²) in [6.07, 6.45) is 6.83. The number of hydrogen-bond acceptors (Lipinski definition) is 2. The second kappa shape index (κ2) is 7.06. The third kappa shape index (κ3) is 4.32. The fourth-order valence-corrected chi connectivity index (χ4v) is 2.70. The summed E-state index contributed by atoms with van der Waals surface area (Å²) in [5.41, 5.74) is 8.76. The van der Waals surface area contributed by atoms with Crippen LogP contribution in [0.1, 0.15) is 69.0 Å². The second-order valence-electron chi connectivity index (χ2n) is 6.02. The smallest absolute Gasteiger partial charge is 0.0663 e. The molecule has 1 saturated carbocycles. The third-order valence-electron chi connectivity index (χ3n) is 4.09. The van der Waals surface area contributed by atoms with Gasteiger partial charge >= 0.3 is 0 Å². The molecule has 0 radical (unpaired) electrons. The minimum Gasteiger partial charge on any atom is -0.376 e. The van der Waals surface area contributed by atoms with Crippen molar-refractivity contribution < 1.29 is 4.74 Å². The minimum absolute atomic E-state index is 0.00291. The molecule has 1 aliphatic rings. The van der Waals surface area contributed by atoms with E-state index in [1.165, 1.54) is 43.2 Å². The fourth-order valence-electron chi connectivity index (χ4n) is 2.70. The quantitative estimate of drug-likeness (QED) is 0.863. The van der Waals surface area contributed by atoms with E-state index in [0.29, 0.717) is 18.6 Å². The van der Waals surface area contributed by atoms with Crippen LogP contribution in [0.5, 0.6) is 0 Å². The Morgan fingerprint density at radius 2 is 1.63 bits per heavy atom. The molecule has 0 saturated heterocycles. The Kier molecular flexibility index (Phi) is 5.41. The van der Waals surface area contributed by atoms with E-state index in [2.05, 4.69) is 38.1 Å². The predicted octanol–water partition coefficient (Wildman–Crippen LogP) is 4.16. The van der Waals surface area contributed by atoms with Crippen LogP contribution >= 0.6 is 0 Å². The van der Waals surface area contributed by atoms with Gasteiger partial charge in [-0.15, -0.1) is 0 Å². The molecule has 0 heterocycles. The molecule has 1 fully saturated rings. The normalized spacial score (nSPS) is 18.7. The maximum Gasteiger partial charge on any atom is 0.0663 e.